The average Bonchev–Trinajstić information content (AvgIpc) is 3.69. The first kappa shape index (κ1) is 28.2. The molecular weight excluding hydrogens is 542 g/mol. The molecule has 5 rings (SSSR count). The summed E-state index contributed by atoms with van der Waals surface area (Å²) in [5.41, 5.74) is 4.84. The second kappa shape index (κ2) is 12.1. The molecule has 1 fully saturated rings. The lowest BCUT2D eigenvalue weighted by atomic mass is 10.1. The van der Waals surface area contributed by atoms with Crippen LogP contribution in [-0.4, -0.2) is 59.8 Å². The summed E-state index contributed by atoms with van der Waals surface area (Å²) in [6, 6.07) is 12.0. The minimum absolute atomic E-state index is 0.105. The Kier molecular flexibility index (Phi) is 8.31. The Labute approximate surface area is 239 Å². The lowest BCUT2D eigenvalue weighted by Crippen LogP contribution is -2.30. The van der Waals surface area contributed by atoms with Crippen LogP contribution in [0.25, 0.3) is 11.3 Å². The lowest BCUT2D eigenvalue weighted by Gasteiger charge is -2.17. The standard InChI is InChI=1S/C29H33N7O4S/c1-4-36(5-2)41(38,39)27-11-10-26(40-27)28(37)32-22-9-8-20(3)25(17-22)34-29-31-13-12-24(33-29)21-16-23(19-30-18-21)35-14-6-7-15-35/h8-13,16-19H,4-7,14-15H2,1-3H3,(H,32,37)(H,31,33,34). The zero-order valence-electron chi connectivity index (χ0n) is 23.3. The minimum atomic E-state index is -3.81. The van der Waals surface area contributed by atoms with E-state index < -0.39 is 15.9 Å². The van der Waals surface area contributed by atoms with Crippen molar-refractivity contribution in [3.63, 3.8) is 0 Å². The molecule has 0 aliphatic carbocycles. The average molecular weight is 576 g/mol. The Hall–Kier alpha value is -4.29. The number of nitrogens with zero attached hydrogens (tertiary/aromatic N) is 5. The van der Waals surface area contributed by atoms with Gasteiger partial charge in [-0.1, -0.05) is 19.9 Å². The van der Waals surface area contributed by atoms with Crippen LogP contribution >= 0.6 is 0 Å². The molecule has 0 spiro atoms. The molecule has 0 radical (unpaired) electrons. The first-order valence-corrected chi connectivity index (χ1v) is 15.0. The number of aromatic nitrogens is 3. The van der Waals surface area contributed by atoms with Gasteiger partial charge in [-0.3, -0.25) is 9.78 Å². The van der Waals surface area contributed by atoms with Crippen molar-refractivity contribution in [2.24, 2.45) is 0 Å². The zero-order chi connectivity index (χ0) is 29.0. The molecule has 12 heteroatoms. The molecule has 1 saturated heterocycles. The highest BCUT2D eigenvalue weighted by Gasteiger charge is 2.26. The van der Waals surface area contributed by atoms with E-state index in [0.717, 1.165) is 35.6 Å². The third kappa shape index (κ3) is 6.23. The summed E-state index contributed by atoms with van der Waals surface area (Å²) < 4.78 is 32.1. The van der Waals surface area contributed by atoms with Gasteiger partial charge in [-0.15, -0.1) is 0 Å². The Morgan fingerprint density at radius 2 is 1.83 bits per heavy atom. The molecule has 1 amide bonds. The molecule has 214 valence electrons. The zero-order valence-corrected chi connectivity index (χ0v) is 24.1. The van der Waals surface area contributed by atoms with Crippen molar-refractivity contribution in [3.05, 3.63) is 72.4 Å². The molecule has 1 aliphatic rings. The molecule has 1 aromatic carbocycles. The van der Waals surface area contributed by atoms with Gasteiger partial charge >= 0.3 is 0 Å². The second-order valence-electron chi connectivity index (χ2n) is 9.71. The van der Waals surface area contributed by atoms with Crippen molar-refractivity contribution in [3.8, 4) is 11.3 Å². The highest BCUT2D eigenvalue weighted by Crippen LogP contribution is 2.27. The lowest BCUT2D eigenvalue weighted by molar-refractivity contribution is 0.0991. The summed E-state index contributed by atoms with van der Waals surface area (Å²) in [7, 11) is -3.81. The van der Waals surface area contributed by atoms with Crippen LogP contribution in [0, 0.1) is 6.92 Å². The first-order valence-electron chi connectivity index (χ1n) is 13.6. The predicted molar refractivity (Wildman–Crippen MR) is 158 cm³/mol. The quantitative estimate of drug-likeness (QED) is 0.266. The fourth-order valence-electron chi connectivity index (χ4n) is 4.71. The van der Waals surface area contributed by atoms with E-state index in [1.54, 1.807) is 38.4 Å². The Bertz CT molecular complexity index is 1640. The number of aryl methyl sites for hydroxylation is 1. The van der Waals surface area contributed by atoms with Crippen molar-refractivity contribution in [1.29, 1.82) is 0 Å². The maximum absolute atomic E-state index is 12.9. The number of sulfonamides is 1. The number of hydrogen-bond donors (Lipinski definition) is 2. The SMILES string of the molecule is CCN(CC)S(=O)(=O)c1ccc(C(=O)Nc2ccc(C)c(Nc3nccc(-c4cncc(N5CCCC5)c4)n3)c2)o1. The van der Waals surface area contributed by atoms with Crippen LogP contribution in [0.5, 0.6) is 0 Å². The van der Waals surface area contributed by atoms with Gasteiger partial charge in [-0.05, 0) is 61.7 Å². The van der Waals surface area contributed by atoms with E-state index in [-0.39, 0.29) is 10.9 Å². The number of benzene rings is 1. The van der Waals surface area contributed by atoms with E-state index in [1.165, 1.54) is 29.3 Å². The van der Waals surface area contributed by atoms with Crippen molar-refractivity contribution < 1.29 is 17.6 Å². The summed E-state index contributed by atoms with van der Waals surface area (Å²) in [5.74, 6) is -0.269. The Morgan fingerprint density at radius 3 is 2.59 bits per heavy atom. The van der Waals surface area contributed by atoms with Gasteiger partial charge in [0.25, 0.3) is 15.9 Å². The summed E-state index contributed by atoms with van der Waals surface area (Å²) >= 11 is 0. The Morgan fingerprint density at radius 1 is 1.05 bits per heavy atom. The van der Waals surface area contributed by atoms with Gasteiger partial charge in [0.1, 0.15) is 0 Å². The van der Waals surface area contributed by atoms with Gasteiger partial charge in [0, 0.05) is 55.5 Å². The monoisotopic (exact) mass is 575 g/mol. The largest absolute Gasteiger partial charge is 0.438 e. The van der Waals surface area contributed by atoms with E-state index in [1.807, 2.05) is 25.3 Å². The molecule has 11 nitrogen and oxygen atoms in total. The third-order valence-electron chi connectivity index (χ3n) is 6.99. The molecule has 41 heavy (non-hydrogen) atoms. The number of carbonyl (C=O) groups excluding carboxylic acids is 1. The molecule has 2 N–H and O–H groups in total. The summed E-state index contributed by atoms with van der Waals surface area (Å²) in [4.78, 5) is 28.7. The van der Waals surface area contributed by atoms with E-state index in [9.17, 15) is 13.2 Å². The molecule has 0 atom stereocenters. The van der Waals surface area contributed by atoms with E-state index in [4.69, 9.17) is 9.40 Å². The number of nitrogens with one attached hydrogen (secondary N) is 2. The number of amides is 1. The van der Waals surface area contributed by atoms with Crippen molar-refractivity contribution in [1.82, 2.24) is 19.3 Å². The maximum atomic E-state index is 12.9. The van der Waals surface area contributed by atoms with E-state index >= 15 is 0 Å². The number of anilines is 4. The van der Waals surface area contributed by atoms with Crippen molar-refractivity contribution >= 4 is 38.9 Å². The molecule has 3 aromatic heterocycles. The maximum Gasteiger partial charge on any atom is 0.291 e. The normalized spacial score (nSPS) is 13.5. The van der Waals surface area contributed by atoms with Crippen LogP contribution in [0.3, 0.4) is 0 Å². The van der Waals surface area contributed by atoms with E-state index in [0.29, 0.717) is 30.4 Å². The summed E-state index contributed by atoms with van der Waals surface area (Å²) in [6.45, 7) is 8.08. The smallest absolute Gasteiger partial charge is 0.291 e. The fraction of sp³-hybridized carbons (Fsp3) is 0.310. The first-order chi connectivity index (χ1) is 19.8. The third-order valence-corrected chi connectivity index (χ3v) is 8.92. The molecule has 4 heterocycles. The van der Waals surface area contributed by atoms with Gasteiger partial charge in [-0.25, -0.2) is 18.4 Å². The van der Waals surface area contributed by atoms with Crippen LogP contribution in [-0.2, 0) is 10.0 Å². The van der Waals surface area contributed by atoms with Gasteiger partial charge in [0.2, 0.25) is 11.0 Å². The molecular formula is C29H33N7O4S. The molecule has 0 unspecified atom stereocenters. The van der Waals surface area contributed by atoms with Gasteiger partial charge in [-0.2, -0.15) is 4.31 Å². The number of hydrogen-bond acceptors (Lipinski definition) is 9. The predicted octanol–water partition coefficient (Wildman–Crippen LogP) is 5.07. The van der Waals surface area contributed by atoms with Crippen molar-refractivity contribution in [2.75, 3.05) is 41.7 Å². The fourth-order valence-corrected chi connectivity index (χ4v) is 6.08. The van der Waals surface area contributed by atoms with Crippen LogP contribution in [0.1, 0.15) is 42.8 Å². The van der Waals surface area contributed by atoms with Gasteiger partial charge < -0.3 is 20.0 Å². The summed E-state index contributed by atoms with van der Waals surface area (Å²) in [6.07, 6.45) is 7.73. The second-order valence-corrected chi connectivity index (χ2v) is 11.6. The van der Waals surface area contributed by atoms with Crippen molar-refractivity contribution in [2.45, 2.75) is 38.7 Å². The number of rotatable bonds is 10. The molecule has 0 bridgehead atoms. The molecule has 4 aromatic rings. The number of furan rings is 1. The van der Waals surface area contributed by atoms with E-state index in [2.05, 4.69) is 31.6 Å². The Balaban J connectivity index is 1.31. The topological polar surface area (TPSA) is 134 Å². The molecule has 1 aliphatic heterocycles. The highest BCUT2D eigenvalue weighted by molar-refractivity contribution is 7.89. The number of carbonyl (C=O) groups is 1. The van der Waals surface area contributed by atoms with Crippen LogP contribution < -0.4 is 15.5 Å². The highest BCUT2D eigenvalue weighted by atomic mass is 32.2. The minimum Gasteiger partial charge on any atom is -0.438 e. The summed E-state index contributed by atoms with van der Waals surface area (Å²) in [5, 5.41) is 5.74. The van der Waals surface area contributed by atoms with Crippen LogP contribution in [0.2, 0.25) is 0 Å². The van der Waals surface area contributed by atoms with Crippen LogP contribution in [0.4, 0.5) is 23.0 Å². The van der Waals surface area contributed by atoms with Gasteiger partial charge in [0.05, 0.1) is 17.6 Å². The molecule has 0 saturated carbocycles. The van der Waals surface area contributed by atoms with Gasteiger partial charge in [0.15, 0.2) is 5.76 Å². The van der Waals surface area contributed by atoms with Crippen LogP contribution in [0.15, 0.2) is 70.6 Å². The number of pyridine rings is 1.